The zero-order valence-electron chi connectivity index (χ0n) is 9.93. The molecule has 1 aromatic rings. The first-order valence-electron chi connectivity index (χ1n) is 5.45. The Balaban J connectivity index is 2.56. The average molecular weight is 237 g/mol. The van der Waals surface area contributed by atoms with E-state index in [1.165, 1.54) is 6.20 Å². The lowest BCUT2D eigenvalue weighted by atomic mass is 10.2. The maximum absolute atomic E-state index is 11.3. The van der Waals surface area contributed by atoms with Gasteiger partial charge in [0.15, 0.2) is 0 Å². The van der Waals surface area contributed by atoms with E-state index in [1.807, 2.05) is 0 Å². The largest absolute Gasteiger partial charge is 0.462 e. The van der Waals surface area contributed by atoms with Crippen molar-refractivity contribution in [2.45, 2.75) is 26.9 Å². The number of nitrogens with zero attached hydrogens (tertiary/aromatic N) is 1. The highest BCUT2D eigenvalue weighted by atomic mass is 16.5. The minimum atomic E-state index is -0.405. The lowest BCUT2D eigenvalue weighted by molar-refractivity contribution is -0.144. The van der Waals surface area contributed by atoms with Crippen LogP contribution < -0.4 is 0 Å². The normalized spacial score (nSPS) is 9.76. The Bertz CT molecular complexity index is 386. The van der Waals surface area contributed by atoms with Gasteiger partial charge in [-0.25, -0.2) is 4.79 Å². The highest BCUT2D eigenvalue weighted by Crippen LogP contribution is 2.04. The lowest BCUT2D eigenvalue weighted by Crippen LogP contribution is -2.07. The molecular weight excluding hydrogens is 222 g/mol. The number of esters is 2. The van der Waals surface area contributed by atoms with Gasteiger partial charge in [-0.15, -0.1) is 0 Å². The Morgan fingerprint density at radius 1 is 1.24 bits per heavy atom. The van der Waals surface area contributed by atoms with Crippen LogP contribution in [0.1, 0.15) is 36.3 Å². The first-order valence-corrected chi connectivity index (χ1v) is 5.45. The molecule has 0 aliphatic heterocycles. The third kappa shape index (κ3) is 4.22. The Morgan fingerprint density at radius 3 is 2.53 bits per heavy atom. The smallest absolute Gasteiger partial charge is 0.339 e. The van der Waals surface area contributed by atoms with Crippen LogP contribution in [0.25, 0.3) is 0 Å². The van der Waals surface area contributed by atoms with Crippen molar-refractivity contribution in [1.29, 1.82) is 0 Å². The van der Waals surface area contributed by atoms with E-state index in [2.05, 4.69) is 4.98 Å². The number of rotatable bonds is 5. The predicted molar refractivity (Wildman–Crippen MR) is 60.3 cm³/mol. The average Bonchev–Trinajstić information content (AvgIpc) is 2.36. The summed E-state index contributed by atoms with van der Waals surface area (Å²) in [5.41, 5.74) is 0.984. The van der Waals surface area contributed by atoms with E-state index in [0.29, 0.717) is 24.3 Å². The first kappa shape index (κ1) is 13.2. The Morgan fingerprint density at radius 2 is 2.00 bits per heavy atom. The van der Waals surface area contributed by atoms with Crippen LogP contribution in [-0.4, -0.2) is 23.5 Å². The molecule has 0 N–H and O–H groups in total. The van der Waals surface area contributed by atoms with Gasteiger partial charge in [-0.05, 0) is 19.1 Å². The monoisotopic (exact) mass is 237 g/mol. The van der Waals surface area contributed by atoms with Crippen LogP contribution in [-0.2, 0) is 20.9 Å². The van der Waals surface area contributed by atoms with Crippen LogP contribution in [0.15, 0.2) is 18.3 Å². The van der Waals surface area contributed by atoms with Crippen molar-refractivity contribution < 1.29 is 19.1 Å². The number of aromatic nitrogens is 1. The molecule has 5 nitrogen and oxygen atoms in total. The van der Waals surface area contributed by atoms with Crippen LogP contribution in [0.3, 0.4) is 0 Å². The number of pyridine rings is 1. The predicted octanol–water partition coefficient (Wildman–Crippen LogP) is 1.71. The van der Waals surface area contributed by atoms with E-state index in [-0.39, 0.29) is 12.6 Å². The van der Waals surface area contributed by atoms with Crippen molar-refractivity contribution in [1.82, 2.24) is 4.98 Å². The van der Waals surface area contributed by atoms with Gasteiger partial charge >= 0.3 is 11.9 Å². The van der Waals surface area contributed by atoms with Crippen molar-refractivity contribution in [2.24, 2.45) is 0 Å². The van der Waals surface area contributed by atoms with E-state index in [0.717, 1.165) is 0 Å². The second-order valence-electron chi connectivity index (χ2n) is 3.27. The summed E-state index contributed by atoms with van der Waals surface area (Å²) >= 11 is 0. The van der Waals surface area contributed by atoms with E-state index in [9.17, 15) is 9.59 Å². The molecule has 0 amide bonds. The lowest BCUT2D eigenvalue weighted by Gasteiger charge is -2.04. The molecule has 1 aromatic heterocycles. The number of ether oxygens (including phenoxy) is 2. The Hall–Kier alpha value is -1.91. The Kier molecular flexibility index (Phi) is 5.13. The Labute approximate surface area is 99.8 Å². The van der Waals surface area contributed by atoms with Gasteiger partial charge in [0, 0.05) is 12.6 Å². The summed E-state index contributed by atoms with van der Waals surface area (Å²) < 4.78 is 9.73. The van der Waals surface area contributed by atoms with E-state index in [1.54, 1.807) is 26.0 Å². The van der Waals surface area contributed by atoms with E-state index in [4.69, 9.17) is 9.47 Å². The standard InChI is InChI=1S/C12H15NO4/c1-3-11(14)17-8-10-6-5-9(7-13-10)12(15)16-4-2/h5-7H,3-4,8H2,1-2H3. The van der Waals surface area contributed by atoms with Gasteiger partial charge in [-0.1, -0.05) is 6.92 Å². The minimum absolute atomic E-state index is 0.121. The summed E-state index contributed by atoms with van der Waals surface area (Å²) in [5.74, 6) is -0.682. The van der Waals surface area contributed by atoms with Gasteiger partial charge in [0.05, 0.1) is 17.9 Å². The molecule has 92 valence electrons. The maximum Gasteiger partial charge on any atom is 0.339 e. The molecule has 0 saturated heterocycles. The zero-order valence-corrected chi connectivity index (χ0v) is 9.93. The molecule has 0 unspecified atom stereocenters. The molecule has 17 heavy (non-hydrogen) atoms. The number of carbonyl (C=O) groups is 2. The fourth-order valence-electron chi connectivity index (χ4n) is 1.10. The van der Waals surface area contributed by atoms with Crippen molar-refractivity contribution in [3.05, 3.63) is 29.6 Å². The first-order chi connectivity index (χ1) is 8.17. The fourth-order valence-corrected chi connectivity index (χ4v) is 1.10. The van der Waals surface area contributed by atoms with Gasteiger partial charge < -0.3 is 9.47 Å². The molecular formula is C12H15NO4. The quantitative estimate of drug-likeness (QED) is 0.729. The van der Waals surface area contributed by atoms with E-state index < -0.39 is 5.97 Å². The zero-order chi connectivity index (χ0) is 12.7. The molecule has 0 atom stereocenters. The summed E-state index contributed by atoms with van der Waals surface area (Å²) in [6, 6.07) is 3.23. The molecule has 0 aliphatic rings. The molecule has 0 bridgehead atoms. The SMILES string of the molecule is CCOC(=O)c1ccc(COC(=O)CC)nc1. The van der Waals surface area contributed by atoms with Gasteiger partial charge in [0.1, 0.15) is 6.61 Å². The molecule has 1 heterocycles. The third-order valence-corrected chi connectivity index (χ3v) is 2.01. The molecule has 0 aliphatic carbocycles. The second-order valence-corrected chi connectivity index (χ2v) is 3.27. The van der Waals surface area contributed by atoms with Crippen LogP contribution >= 0.6 is 0 Å². The van der Waals surface area contributed by atoms with Gasteiger partial charge in [-0.3, -0.25) is 9.78 Å². The van der Waals surface area contributed by atoms with Crippen LogP contribution in [0.4, 0.5) is 0 Å². The molecule has 0 fully saturated rings. The van der Waals surface area contributed by atoms with Gasteiger partial charge in [0.25, 0.3) is 0 Å². The summed E-state index contributed by atoms with van der Waals surface area (Å²) in [7, 11) is 0. The number of hydrogen-bond donors (Lipinski definition) is 0. The maximum atomic E-state index is 11.3. The van der Waals surface area contributed by atoms with Crippen LogP contribution in [0, 0.1) is 0 Å². The van der Waals surface area contributed by atoms with Gasteiger partial charge in [0.2, 0.25) is 0 Å². The topological polar surface area (TPSA) is 65.5 Å². The summed E-state index contributed by atoms with van der Waals surface area (Å²) in [5, 5.41) is 0. The van der Waals surface area contributed by atoms with Crippen LogP contribution in [0.2, 0.25) is 0 Å². The van der Waals surface area contributed by atoms with Crippen molar-refractivity contribution >= 4 is 11.9 Å². The number of carbonyl (C=O) groups excluding carboxylic acids is 2. The second kappa shape index (κ2) is 6.62. The molecule has 0 aromatic carbocycles. The molecule has 5 heteroatoms. The molecule has 1 rings (SSSR count). The van der Waals surface area contributed by atoms with Crippen molar-refractivity contribution in [3.63, 3.8) is 0 Å². The van der Waals surface area contributed by atoms with E-state index >= 15 is 0 Å². The number of hydrogen-bond acceptors (Lipinski definition) is 5. The summed E-state index contributed by atoms with van der Waals surface area (Å²) in [6.07, 6.45) is 1.74. The van der Waals surface area contributed by atoms with Crippen molar-refractivity contribution in [2.75, 3.05) is 6.61 Å². The van der Waals surface area contributed by atoms with Gasteiger partial charge in [-0.2, -0.15) is 0 Å². The minimum Gasteiger partial charge on any atom is -0.462 e. The molecule has 0 radical (unpaired) electrons. The highest BCUT2D eigenvalue weighted by Gasteiger charge is 2.07. The van der Waals surface area contributed by atoms with Crippen LogP contribution in [0.5, 0.6) is 0 Å². The highest BCUT2D eigenvalue weighted by molar-refractivity contribution is 5.88. The van der Waals surface area contributed by atoms with Crippen molar-refractivity contribution in [3.8, 4) is 0 Å². The summed E-state index contributed by atoms with van der Waals surface area (Å²) in [6.45, 7) is 3.91. The third-order valence-electron chi connectivity index (χ3n) is 2.01. The molecule has 0 saturated carbocycles. The molecule has 0 spiro atoms. The fraction of sp³-hybridized carbons (Fsp3) is 0.417. The summed E-state index contributed by atoms with van der Waals surface area (Å²) in [4.78, 5) is 26.3.